The van der Waals surface area contributed by atoms with Crippen molar-refractivity contribution in [3.05, 3.63) is 46.5 Å². The number of hydrogen-bond donors (Lipinski definition) is 0. The first-order valence-corrected chi connectivity index (χ1v) is 12.4. The number of carbonyl (C=O) groups excluding carboxylic acids is 1. The van der Waals surface area contributed by atoms with Crippen LogP contribution in [0.4, 0.5) is 10.5 Å². The van der Waals surface area contributed by atoms with Crippen LogP contribution in [0.25, 0.3) is 11.0 Å². The summed E-state index contributed by atoms with van der Waals surface area (Å²) in [6.45, 7) is 2.49. The van der Waals surface area contributed by atoms with Gasteiger partial charge in [-0.25, -0.2) is 13.2 Å². The second-order valence-electron chi connectivity index (χ2n) is 7.64. The number of rotatable bonds is 3. The molecule has 2 aliphatic heterocycles. The number of piperidine rings is 1. The third kappa shape index (κ3) is 3.38. The van der Waals surface area contributed by atoms with Crippen LogP contribution in [0.5, 0.6) is 0 Å². The van der Waals surface area contributed by atoms with Crippen molar-refractivity contribution in [2.45, 2.75) is 37.3 Å². The van der Waals surface area contributed by atoms with E-state index >= 15 is 0 Å². The maximum absolute atomic E-state index is 13.5. The van der Waals surface area contributed by atoms with Gasteiger partial charge in [0.25, 0.3) is 0 Å². The van der Waals surface area contributed by atoms with Crippen LogP contribution in [-0.2, 0) is 21.4 Å². The number of carbonyl (C=O) groups is 1. The standard InChI is InChI=1S/C20H19ClN4O4S2/c1-12-5-6-16-18(23-30-22-16)19(12)31(27,28)24-9-7-13(8-10-24)25-17-4-2-3-15(21)14(17)11-29-20(25)26/h2-6,13H,7-11H2,1H3. The van der Waals surface area contributed by atoms with Crippen LogP contribution < -0.4 is 4.90 Å². The number of aromatic nitrogens is 2. The Kier molecular flexibility index (Phi) is 5.12. The molecule has 8 nitrogen and oxygen atoms in total. The average Bonchev–Trinajstić information content (AvgIpc) is 3.22. The highest BCUT2D eigenvalue weighted by Crippen LogP contribution is 2.37. The molecule has 0 saturated carbocycles. The van der Waals surface area contributed by atoms with Crippen LogP contribution in [0.15, 0.2) is 35.2 Å². The number of fused-ring (bicyclic) bond motifs is 2. The Morgan fingerprint density at radius 3 is 2.71 bits per heavy atom. The zero-order valence-corrected chi connectivity index (χ0v) is 19.0. The first-order valence-electron chi connectivity index (χ1n) is 9.83. The van der Waals surface area contributed by atoms with Crippen LogP contribution in [0.1, 0.15) is 24.0 Å². The summed E-state index contributed by atoms with van der Waals surface area (Å²) in [6.07, 6.45) is 0.556. The zero-order chi connectivity index (χ0) is 21.8. The van der Waals surface area contributed by atoms with Crippen molar-refractivity contribution in [1.82, 2.24) is 13.1 Å². The maximum atomic E-state index is 13.5. The van der Waals surface area contributed by atoms with Crippen molar-refractivity contribution >= 4 is 56.2 Å². The number of benzene rings is 2. The summed E-state index contributed by atoms with van der Waals surface area (Å²) < 4.78 is 42.1. The molecule has 1 aromatic heterocycles. The smallest absolute Gasteiger partial charge is 0.414 e. The number of aryl methyl sites for hydroxylation is 1. The Balaban J connectivity index is 1.41. The number of hydrogen-bond acceptors (Lipinski definition) is 7. The van der Waals surface area contributed by atoms with Crippen LogP contribution in [0.2, 0.25) is 5.02 Å². The van der Waals surface area contributed by atoms with Gasteiger partial charge in [0.05, 0.1) is 17.4 Å². The normalized spacial score (nSPS) is 18.3. The molecular formula is C20H19ClN4O4S2. The second kappa shape index (κ2) is 7.70. The van der Waals surface area contributed by atoms with Crippen molar-refractivity contribution in [2.75, 3.05) is 18.0 Å². The Labute approximate surface area is 188 Å². The molecule has 0 unspecified atom stereocenters. The van der Waals surface area contributed by atoms with Gasteiger partial charge in [-0.3, -0.25) is 4.90 Å². The van der Waals surface area contributed by atoms with Gasteiger partial charge in [0.2, 0.25) is 10.0 Å². The van der Waals surface area contributed by atoms with Crippen molar-refractivity contribution in [3.8, 4) is 0 Å². The van der Waals surface area contributed by atoms with Gasteiger partial charge in [-0.2, -0.15) is 13.1 Å². The average molecular weight is 479 g/mol. The SMILES string of the molecule is Cc1ccc2nsnc2c1S(=O)(=O)N1CCC(N2C(=O)OCc3c(Cl)cccc32)CC1. The largest absolute Gasteiger partial charge is 0.444 e. The quantitative estimate of drug-likeness (QED) is 0.565. The molecule has 1 saturated heterocycles. The highest BCUT2D eigenvalue weighted by molar-refractivity contribution is 7.89. The number of halogens is 1. The molecule has 1 amide bonds. The van der Waals surface area contributed by atoms with Crippen LogP contribution in [0, 0.1) is 6.92 Å². The molecule has 0 spiro atoms. The molecule has 0 N–H and O–H groups in total. The Morgan fingerprint density at radius 2 is 1.94 bits per heavy atom. The molecule has 162 valence electrons. The number of cyclic esters (lactones) is 1. The topological polar surface area (TPSA) is 92.7 Å². The van der Waals surface area contributed by atoms with E-state index in [-0.39, 0.29) is 17.5 Å². The summed E-state index contributed by atoms with van der Waals surface area (Å²) in [6, 6.07) is 8.79. The van der Waals surface area contributed by atoms with Gasteiger partial charge in [0.15, 0.2) is 0 Å². The molecule has 5 rings (SSSR count). The molecular weight excluding hydrogens is 460 g/mol. The fourth-order valence-electron chi connectivity index (χ4n) is 4.29. The van der Waals surface area contributed by atoms with E-state index in [4.69, 9.17) is 16.3 Å². The number of amides is 1. The Hall–Kier alpha value is -2.27. The second-order valence-corrected chi connectivity index (χ2v) is 10.5. The summed E-state index contributed by atoms with van der Waals surface area (Å²) in [5.74, 6) is 0. The maximum Gasteiger partial charge on any atom is 0.414 e. The lowest BCUT2D eigenvalue weighted by Gasteiger charge is -2.40. The Morgan fingerprint density at radius 1 is 1.16 bits per heavy atom. The van der Waals surface area contributed by atoms with Crippen molar-refractivity contribution in [1.29, 1.82) is 0 Å². The number of anilines is 1. The molecule has 0 radical (unpaired) electrons. The predicted molar refractivity (Wildman–Crippen MR) is 118 cm³/mol. The van der Waals surface area contributed by atoms with Crippen molar-refractivity contribution in [3.63, 3.8) is 0 Å². The number of ether oxygens (including phenoxy) is 1. The zero-order valence-electron chi connectivity index (χ0n) is 16.6. The van der Waals surface area contributed by atoms with Gasteiger partial charge in [0, 0.05) is 29.7 Å². The van der Waals surface area contributed by atoms with Crippen LogP contribution in [-0.4, -0.2) is 46.7 Å². The molecule has 3 aromatic rings. The lowest BCUT2D eigenvalue weighted by molar-refractivity contribution is 0.136. The van der Waals surface area contributed by atoms with Gasteiger partial charge in [-0.05, 0) is 43.5 Å². The van der Waals surface area contributed by atoms with E-state index in [1.54, 1.807) is 36.1 Å². The minimum atomic E-state index is -3.74. The minimum absolute atomic E-state index is 0.141. The van der Waals surface area contributed by atoms with E-state index in [0.717, 1.165) is 23.0 Å². The van der Waals surface area contributed by atoms with Gasteiger partial charge in [0.1, 0.15) is 22.5 Å². The Bertz CT molecular complexity index is 1290. The lowest BCUT2D eigenvalue weighted by atomic mass is 10.0. The molecule has 2 aromatic carbocycles. The highest BCUT2D eigenvalue weighted by atomic mass is 35.5. The fraction of sp³-hybridized carbons (Fsp3) is 0.350. The monoisotopic (exact) mass is 478 g/mol. The molecule has 1 fully saturated rings. The lowest BCUT2D eigenvalue weighted by Crippen LogP contribution is -2.50. The summed E-state index contributed by atoms with van der Waals surface area (Å²) in [5.41, 5.74) is 3.14. The summed E-state index contributed by atoms with van der Waals surface area (Å²) in [5, 5.41) is 0.551. The molecule has 31 heavy (non-hydrogen) atoms. The number of sulfonamides is 1. The van der Waals surface area contributed by atoms with Crippen molar-refractivity contribution < 1.29 is 17.9 Å². The van der Waals surface area contributed by atoms with E-state index in [9.17, 15) is 13.2 Å². The first-order chi connectivity index (χ1) is 14.9. The molecule has 0 bridgehead atoms. The fourth-order valence-corrected chi connectivity index (χ4v) is 6.93. The van der Waals surface area contributed by atoms with Gasteiger partial charge >= 0.3 is 6.09 Å². The van der Waals surface area contributed by atoms with E-state index in [0.29, 0.717) is 47.6 Å². The van der Waals surface area contributed by atoms with Gasteiger partial charge in [-0.15, -0.1) is 0 Å². The molecule has 0 atom stereocenters. The van der Waals surface area contributed by atoms with E-state index < -0.39 is 16.1 Å². The third-order valence-electron chi connectivity index (χ3n) is 5.86. The molecule has 0 aliphatic carbocycles. The summed E-state index contributed by atoms with van der Waals surface area (Å²) in [4.78, 5) is 14.4. The number of nitrogens with zero attached hydrogens (tertiary/aromatic N) is 4. The van der Waals surface area contributed by atoms with Crippen LogP contribution >= 0.6 is 23.3 Å². The van der Waals surface area contributed by atoms with E-state index in [1.165, 1.54) is 4.31 Å². The molecule has 3 heterocycles. The highest BCUT2D eigenvalue weighted by Gasteiger charge is 2.38. The van der Waals surface area contributed by atoms with Crippen LogP contribution in [0.3, 0.4) is 0 Å². The summed E-state index contributed by atoms with van der Waals surface area (Å²) in [7, 11) is -3.74. The summed E-state index contributed by atoms with van der Waals surface area (Å²) >= 11 is 7.28. The van der Waals surface area contributed by atoms with Gasteiger partial charge in [-0.1, -0.05) is 23.7 Å². The molecule has 11 heteroatoms. The predicted octanol–water partition coefficient (Wildman–Crippen LogP) is 3.96. The first kappa shape index (κ1) is 20.6. The van der Waals surface area contributed by atoms with E-state index in [1.807, 2.05) is 6.07 Å². The molecule has 2 aliphatic rings. The van der Waals surface area contributed by atoms with Crippen molar-refractivity contribution in [2.24, 2.45) is 0 Å². The van der Waals surface area contributed by atoms with Gasteiger partial charge < -0.3 is 4.74 Å². The van der Waals surface area contributed by atoms with E-state index in [2.05, 4.69) is 8.75 Å². The minimum Gasteiger partial charge on any atom is -0.444 e. The third-order valence-corrected chi connectivity index (χ3v) is 8.83.